The number of Topliss-reactive ketones (excluding diaryl/α,β-unsaturated/α-hetero) is 1. The van der Waals surface area contributed by atoms with E-state index in [0.29, 0.717) is 17.8 Å². The molecule has 17 heavy (non-hydrogen) atoms. The molecule has 2 atom stereocenters. The molecule has 3 heterocycles. The number of piperidine rings is 1. The van der Waals surface area contributed by atoms with Gasteiger partial charge in [0.05, 0.1) is 0 Å². The third kappa shape index (κ3) is 2.12. The van der Waals surface area contributed by atoms with Crippen LogP contribution >= 0.6 is 0 Å². The number of nitrogens with one attached hydrogen (secondary N) is 1. The minimum absolute atomic E-state index is 0.184. The number of nitrogens with zero attached hydrogens (tertiary/aromatic N) is 1. The average molecular weight is 230 g/mol. The molecule has 0 saturated carbocycles. The third-order valence-corrected chi connectivity index (χ3v) is 4.01. The molecule has 90 valence electrons. The quantitative estimate of drug-likeness (QED) is 0.791. The van der Waals surface area contributed by atoms with Crippen molar-refractivity contribution in [3.8, 4) is 0 Å². The monoisotopic (exact) mass is 230 g/mol. The van der Waals surface area contributed by atoms with Gasteiger partial charge in [-0.25, -0.2) is 0 Å². The van der Waals surface area contributed by atoms with Crippen molar-refractivity contribution in [2.45, 2.75) is 44.7 Å². The van der Waals surface area contributed by atoms with Crippen molar-refractivity contribution < 1.29 is 4.79 Å². The summed E-state index contributed by atoms with van der Waals surface area (Å²) in [6.07, 6.45) is 6.23. The van der Waals surface area contributed by atoms with Gasteiger partial charge in [-0.05, 0) is 44.2 Å². The molecule has 0 aromatic carbocycles. The standard InChI is InChI=1S/C14H18N2O/c1-9-2-5-13(15-8-9)14(17)10-6-11-3-4-12(7-10)16-11/h2,5,8,10-12,16H,3-4,6-7H2,1H3. The topological polar surface area (TPSA) is 42.0 Å². The normalized spacial score (nSPS) is 31.5. The Labute approximate surface area is 102 Å². The summed E-state index contributed by atoms with van der Waals surface area (Å²) in [6.45, 7) is 1.99. The molecule has 0 spiro atoms. The van der Waals surface area contributed by atoms with E-state index < -0.39 is 0 Å². The van der Waals surface area contributed by atoms with Gasteiger partial charge in [-0.1, -0.05) is 6.07 Å². The zero-order valence-corrected chi connectivity index (χ0v) is 10.1. The molecule has 3 rings (SSSR count). The first-order valence-electron chi connectivity index (χ1n) is 6.45. The lowest BCUT2D eigenvalue weighted by atomic mass is 9.87. The molecule has 2 unspecified atom stereocenters. The summed E-state index contributed by atoms with van der Waals surface area (Å²) in [5, 5.41) is 3.56. The number of carbonyl (C=O) groups excluding carboxylic acids is 1. The van der Waals surface area contributed by atoms with Crippen molar-refractivity contribution in [3.63, 3.8) is 0 Å². The minimum atomic E-state index is 0.184. The summed E-state index contributed by atoms with van der Waals surface area (Å²) in [7, 11) is 0. The molecule has 1 aromatic rings. The first-order chi connectivity index (χ1) is 8.22. The first-order valence-corrected chi connectivity index (χ1v) is 6.45. The maximum atomic E-state index is 12.3. The molecule has 2 aliphatic rings. The van der Waals surface area contributed by atoms with Crippen LogP contribution in [0.4, 0.5) is 0 Å². The Morgan fingerprint density at radius 2 is 2.00 bits per heavy atom. The van der Waals surface area contributed by atoms with Crippen LogP contribution in [-0.2, 0) is 0 Å². The van der Waals surface area contributed by atoms with E-state index in [1.54, 1.807) is 6.20 Å². The molecule has 0 radical (unpaired) electrons. The second-order valence-corrected chi connectivity index (χ2v) is 5.39. The highest BCUT2D eigenvalue weighted by molar-refractivity contribution is 5.96. The predicted molar refractivity (Wildman–Crippen MR) is 66.0 cm³/mol. The van der Waals surface area contributed by atoms with Gasteiger partial charge < -0.3 is 5.32 Å². The molecule has 1 N–H and O–H groups in total. The van der Waals surface area contributed by atoms with Crippen LogP contribution in [-0.4, -0.2) is 22.9 Å². The fourth-order valence-electron chi connectivity index (χ4n) is 3.09. The Kier molecular flexibility index (Phi) is 2.71. The smallest absolute Gasteiger partial charge is 0.184 e. The minimum Gasteiger partial charge on any atom is -0.311 e. The average Bonchev–Trinajstić information content (AvgIpc) is 2.68. The molecule has 2 fully saturated rings. The largest absolute Gasteiger partial charge is 0.311 e. The van der Waals surface area contributed by atoms with Crippen LogP contribution in [0.15, 0.2) is 18.3 Å². The van der Waals surface area contributed by atoms with Crippen LogP contribution < -0.4 is 5.32 Å². The summed E-state index contributed by atoms with van der Waals surface area (Å²) < 4.78 is 0. The summed E-state index contributed by atoms with van der Waals surface area (Å²) in [5.41, 5.74) is 1.74. The van der Waals surface area contributed by atoms with Gasteiger partial charge in [0.2, 0.25) is 0 Å². The van der Waals surface area contributed by atoms with E-state index in [9.17, 15) is 4.79 Å². The van der Waals surface area contributed by atoms with Crippen molar-refractivity contribution in [1.29, 1.82) is 0 Å². The number of aromatic nitrogens is 1. The lowest BCUT2D eigenvalue weighted by Gasteiger charge is -2.27. The molecule has 3 nitrogen and oxygen atoms in total. The highest BCUT2D eigenvalue weighted by atomic mass is 16.1. The van der Waals surface area contributed by atoms with E-state index in [1.807, 2.05) is 19.1 Å². The van der Waals surface area contributed by atoms with Crippen molar-refractivity contribution in [1.82, 2.24) is 10.3 Å². The van der Waals surface area contributed by atoms with Gasteiger partial charge in [0, 0.05) is 24.2 Å². The van der Waals surface area contributed by atoms with Crippen LogP contribution in [0.2, 0.25) is 0 Å². The molecule has 2 bridgehead atoms. The molecular weight excluding hydrogens is 212 g/mol. The van der Waals surface area contributed by atoms with Gasteiger partial charge in [0.1, 0.15) is 5.69 Å². The van der Waals surface area contributed by atoms with Gasteiger partial charge in [-0.15, -0.1) is 0 Å². The summed E-state index contributed by atoms with van der Waals surface area (Å²) in [6, 6.07) is 4.96. The Morgan fingerprint density at radius 1 is 1.29 bits per heavy atom. The fraction of sp³-hybridized carbons (Fsp3) is 0.571. The van der Waals surface area contributed by atoms with E-state index in [-0.39, 0.29) is 11.7 Å². The van der Waals surface area contributed by atoms with E-state index in [4.69, 9.17) is 0 Å². The Morgan fingerprint density at radius 3 is 2.59 bits per heavy atom. The van der Waals surface area contributed by atoms with Crippen LogP contribution in [0.3, 0.4) is 0 Å². The van der Waals surface area contributed by atoms with Gasteiger partial charge in [0.25, 0.3) is 0 Å². The van der Waals surface area contributed by atoms with Crippen LogP contribution in [0.5, 0.6) is 0 Å². The van der Waals surface area contributed by atoms with E-state index in [0.717, 1.165) is 18.4 Å². The Bertz CT molecular complexity index is 414. The summed E-state index contributed by atoms with van der Waals surface area (Å²) in [5.74, 6) is 0.423. The number of hydrogen-bond donors (Lipinski definition) is 1. The summed E-state index contributed by atoms with van der Waals surface area (Å²) >= 11 is 0. The molecule has 2 aliphatic heterocycles. The van der Waals surface area contributed by atoms with Crippen LogP contribution in [0.1, 0.15) is 41.7 Å². The summed E-state index contributed by atoms with van der Waals surface area (Å²) in [4.78, 5) is 16.6. The number of hydrogen-bond acceptors (Lipinski definition) is 3. The van der Waals surface area contributed by atoms with Crippen molar-refractivity contribution in [2.24, 2.45) is 5.92 Å². The van der Waals surface area contributed by atoms with E-state index in [1.165, 1.54) is 12.8 Å². The van der Waals surface area contributed by atoms with E-state index in [2.05, 4.69) is 10.3 Å². The number of aryl methyl sites for hydroxylation is 1. The molecule has 3 heteroatoms. The number of carbonyl (C=O) groups is 1. The maximum absolute atomic E-state index is 12.3. The highest BCUT2D eigenvalue weighted by Crippen LogP contribution is 2.32. The molecule has 0 amide bonds. The van der Waals surface area contributed by atoms with Gasteiger partial charge in [-0.3, -0.25) is 9.78 Å². The zero-order valence-electron chi connectivity index (χ0n) is 10.1. The lowest BCUT2D eigenvalue weighted by molar-refractivity contribution is 0.0870. The van der Waals surface area contributed by atoms with Crippen molar-refractivity contribution >= 4 is 5.78 Å². The van der Waals surface area contributed by atoms with E-state index >= 15 is 0 Å². The third-order valence-electron chi connectivity index (χ3n) is 4.01. The molecule has 2 saturated heterocycles. The van der Waals surface area contributed by atoms with Crippen LogP contribution in [0, 0.1) is 12.8 Å². The maximum Gasteiger partial charge on any atom is 0.184 e. The van der Waals surface area contributed by atoms with Gasteiger partial charge in [0.15, 0.2) is 5.78 Å². The predicted octanol–water partition coefficient (Wildman–Crippen LogP) is 2.10. The SMILES string of the molecule is Cc1ccc(C(=O)C2CC3CCC(C2)N3)nc1. The van der Waals surface area contributed by atoms with Gasteiger partial charge >= 0.3 is 0 Å². The number of ketones is 1. The van der Waals surface area contributed by atoms with Crippen molar-refractivity contribution in [2.75, 3.05) is 0 Å². The lowest BCUT2D eigenvalue weighted by Crippen LogP contribution is -2.40. The van der Waals surface area contributed by atoms with Crippen molar-refractivity contribution in [3.05, 3.63) is 29.6 Å². The number of pyridine rings is 1. The fourth-order valence-corrected chi connectivity index (χ4v) is 3.09. The second kappa shape index (κ2) is 4.22. The number of rotatable bonds is 2. The number of fused-ring (bicyclic) bond motifs is 2. The Balaban J connectivity index is 1.76. The molecule has 1 aromatic heterocycles. The van der Waals surface area contributed by atoms with Gasteiger partial charge in [-0.2, -0.15) is 0 Å². The molecular formula is C14H18N2O. The highest BCUT2D eigenvalue weighted by Gasteiger charge is 2.37. The molecule has 0 aliphatic carbocycles. The first kappa shape index (κ1) is 10.9. The zero-order chi connectivity index (χ0) is 11.8. The Hall–Kier alpha value is -1.22. The second-order valence-electron chi connectivity index (χ2n) is 5.39. The van der Waals surface area contributed by atoms with Crippen LogP contribution in [0.25, 0.3) is 0 Å².